The number of hydrogen-bond acceptors (Lipinski definition) is 3. The molecule has 120 valence electrons. The van der Waals surface area contributed by atoms with Crippen molar-refractivity contribution in [1.82, 2.24) is 9.99 Å². The lowest BCUT2D eigenvalue weighted by atomic mass is 10.2. The Morgan fingerprint density at radius 1 is 1.35 bits per heavy atom. The van der Waals surface area contributed by atoms with Crippen molar-refractivity contribution in [2.24, 2.45) is 5.10 Å². The van der Waals surface area contributed by atoms with Crippen LogP contribution in [0.25, 0.3) is 0 Å². The summed E-state index contributed by atoms with van der Waals surface area (Å²) >= 11 is 0. The summed E-state index contributed by atoms with van der Waals surface area (Å²) in [5.41, 5.74) is 4.05. The van der Waals surface area contributed by atoms with Crippen molar-refractivity contribution in [3.8, 4) is 5.75 Å². The molecule has 1 amide bonds. The molecule has 1 heterocycles. The van der Waals surface area contributed by atoms with Crippen molar-refractivity contribution in [1.29, 1.82) is 0 Å². The molecule has 0 unspecified atom stereocenters. The summed E-state index contributed by atoms with van der Waals surface area (Å²) in [6, 6.07) is 9.61. The molecule has 0 saturated heterocycles. The zero-order valence-electron chi connectivity index (χ0n) is 13.2. The third-order valence-electron chi connectivity index (χ3n) is 4.20. The number of ether oxygens (including phenoxy) is 1. The van der Waals surface area contributed by atoms with E-state index < -0.39 is 0 Å². The van der Waals surface area contributed by atoms with Gasteiger partial charge in [0.1, 0.15) is 5.75 Å². The van der Waals surface area contributed by atoms with Crippen LogP contribution in [0.5, 0.6) is 5.75 Å². The number of benzene rings is 1. The maximum absolute atomic E-state index is 12.0. The normalized spacial score (nSPS) is 15.2. The number of nitrogens with zero attached hydrogens (tertiary/aromatic N) is 2. The standard InChI is InChI=1S/C18H21N3O2/c1-23-17-8-4-5-15(11-17)18(22)20-19-12-14-9-10-21(13-14)16-6-2-3-7-16/h4-5,8-13,16H,2-3,6-7H2,1H3,(H,20,22)/b19-12-. The summed E-state index contributed by atoms with van der Waals surface area (Å²) in [7, 11) is 1.57. The van der Waals surface area contributed by atoms with Gasteiger partial charge in [0.25, 0.3) is 5.91 Å². The van der Waals surface area contributed by atoms with Crippen LogP contribution in [0, 0.1) is 0 Å². The topological polar surface area (TPSA) is 55.6 Å². The molecular weight excluding hydrogens is 290 g/mol. The fourth-order valence-corrected chi connectivity index (χ4v) is 2.93. The van der Waals surface area contributed by atoms with Gasteiger partial charge in [-0.05, 0) is 37.1 Å². The summed E-state index contributed by atoms with van der Waals surface area (Å²) < 4.78 is 7.36. The first-order valence-corrected chi connectivity index (χ1v) is 7.91. The van der Waals surface area contributed by atoms with E-state index in [0.29, 0.717) is 17.4 Å². The van der Waals surface area contributed by atoms with Crippen LogP contribution in [0.15, 0.2) is 47.8 Å². The van der Waals surface area contributed by atoms with Gasteiger partial charge in [-0.2, -0.15) is 5.10 Å². The molecule has 23 heavy (non-hydrogen) atoms. The summed E-state index contributed by atoms with van der Waals surface area (Å²) in [6.07, 6.45) is 10.9. The molecule has 0 radical (unpaired) electrons. The van der Waals surface area contributed by atoms with E-state index in [1.54, 1.807) is 37.6 Å². The van der Waals surface area contributed by atoms with Crippen molar-refractivity contribution >= 4 is 12.1 Å². The number of amides is 1. The highest BCUT2D eigenvalue weighted by Gasteiger charge is 2.15. The molecule has 0 atom stereocenters. The first-order valence-electron chi connectivity index (χ1n) is 7.91. The number of methoxy groups -OCH3 is 1. The van der Waals surface area contributed by atoms with Gasteiger partial charge in [-0.3, -0.25) is 4.79 Å². The number of carbonyl (C=O) groups is 1. The lowest BCUT2D eigenvalue weighted by Gasteiger charge is -2.10. The molecule has 0 aliphatic heterocycles. The van der Waals surface area contributed by atoms with E-state index in [2.05, 4.69) is 27.5 Å². The molecule has 0 spiro atoms. The molecule has 5 heteroatoms. The number of nitrogens with one attached hydrogen (secondary N) is 1. The van der Waals surface area contributed by atoms with Gasteiger partial charge in [0.05, 0.1) is 13.3 Å². The SMILES string of the molecule is COc1cccc(C(=O)N/N=C\c2ccn(C3CCCC3)c2)c1. The van der Waals surface area contributed by atoms with Gasteiger partial charge in [0.15, 0.2) is 0 Å². The largest absolute Gasteiger partial charge is 0.497 e. The third-order valence-corrected chi connectivity index (χ3v) is 4.20. The monoisotopic (exact) mass is 311 g/mol. The van der Waals surface area contributed by atoms with Crippen LogP contribution < -0.4 is 10.2 Å². The fraction of sp³-hybridized carbons (Fsp3) is 0.333. The van der Waals surface area contributed by atoms with Crippen molar-refractivity contribution in [2.75, 3.05) is 7.11 Å². The smallest absolute Gasteiger partial charge is 0.271 e. The van der Waals surface area contributed by atoms with Gasteiger partial charge < -0.3 is 9.30 Å². The molecule has 1 aliphatic carbocycles. The first-order chi connectivity index (χ1) is 11.3. The second-order valence-electron chi connectivity index (χ2n) is 5.76. The molecule has 2 aromatic rings. The van der Waals surface area contributed by atoms with E-state index in [0.717, 1.165) is 5.56 Å². The zero-order valence-corrected chi connectivity index (χ0v) is 13.2. The summed E-state index contributed by atoms with van der Waals surface area (Å²) in [4.78, 5) is 12.0. The van der Waals surface area contributed by atoms with Gasteiger partial charge in [0, 0.05) is 29.6 Å². The lowest BCUT2D eigenvalue weighted by Crippen LogP contribution is -2.17. The minimum absolute atomic E-state index is 0.254. The number of rotatable bonds is 5. The van der Waals surface area contributed by atoms with Crippen LogP contribution in [-0.2, 0) is 0 Å². The van der Waals surface area contributed by atoms with Crippen molar-refractivity contribution in [3.05, 3.63) is 53.9 Å². The van der Waals surface area contributed by atoms with Crippen LogP contribution >= 0.6 is 0 Å². The number of hydrazone groups is 1. The molecule has 3 rings (SSSR count). The predicted octanol–water partition coefficient (Wildman–Crippen LogP) is 3.38. The average Bonchev–Trinajstić information content (AvgIpc) is 3.26. The van der Waals surface area contributed by atoms with E-state index in [9.17, 15) is 4.79 Å². The predicted molar refractivity (Wildman–Crippen MR) is 90.0 cm³/mol. The van der Waals surface area contributed by atoms with Crippen LogP contribution in [0.1, 0.15) is 47.6 Å². The van der Waals surface area contributed by atoms with Gasteiger partial charge in [-0.15, -0.1) is 0 Å². The van der Waals surface area contributed by atoms with E-state index in [-0.39, 0.29) is 5.91 Å². The molecular formula is C18H21N3O2. The van der Waals surface area contributed by atoms with Crippen molar-refractivity contribution < 1.29 is 9.53 Å². The Morgan fingerprint density at radius 3 is 2.96 bits per heavy atom. The molecule has 1 aliphatic rings. The van der Waals surface area contributed by atoms with Gasteiger partial charge >= 0.3 is 0 Å². The summed E-state index contributed by atoms with van der Waals surface area (Å²) in [6.45, 7) is 0. The van der Waals surface area contributed by atoms with Gasteiger partial charge in [-0.1, -0.05) is 18.9 Å². The molecule has 1 aromatic carbocycles. The van der Waals surface area contributed by atoms with Crippen LogP contribution in [-0.4, -0.2) is 23.8 Å². The van der Waals surface area contributed by atoms with Crippen molar-refractivity contribution in [3.63, 3.8) is 0 Å². The Bertz CT molecular complexity index is 700. The van der Waals surface area contributed by atoms with Crippen LogP contribution in [0.4, 0.5) is 0 Å². The molecule has 1 fully saturated rings. The van der Waals surface area contributed by atoms with Crippen LogP contribution in [0.2, 0.25) is 0 Å². The molecule has 1 N–H and O–H groups in total. The third kappa shape index (κ3) is 3.80. The molecule has 1 aromatic heterocycles. The Hall–Kier alpha value is -2.56. The Labute approximate surface area is 136 Å². The molecule has 5 nitrogen and oxygen atoms in total. The average molecular weight is 311 g/mol. The molecule has 0 bridgehead atoms. The Kier molecular flexibility index (Phi) is 4.76. The number of carbonyl (C=O) groups excluding carboxylic acids is 1. The second kappa shape index (κ2) is 7.13. The Morgan fingerprint density at radius 2 is 2.17 bits per heavy atom. The quantitative estimate of drug-likeness (QED) is 0.680. The van der Waals surface area contributed by atoms with E-state index in [4.69, 9.17) is 4.74 Å². The summed E-state index contributed by atoms with van der Waals surface area (Å²) in [5, 5.41) is 4.03. The second-order valence-corrected chi connectivity index (χ2v) is 5.76. The zero-order chi connectivity index (χ0) is 16.1. The summed E-state index contributed by atoms with van der Waals surface area (Å²) in [5.74, 6) is 0.394. The highest BCUT2D eigenvalue weighted by Crippen LogP contribution is 2.29. The fourth-order valence-electron chi connectivity index (χ4n) is 2.93. The Balaban J connectivity index is 1.58. The van der Waals surface area contributed by atoms with Crippen molar-refractivity contribution in [2.45, 2.75) is 31.7 Å². The minimum atomic E-state index is -0.254. The van der Waals surface area contributed by atoms with E-state index in [1.807, 2.05) is 6.07 Å². The van der Waals surface area contributed by atoms with Crippen LogP contribution in [0.3, 0.4) is 0 Å². The lowest BCUT2D eigenvalue weighted by molar-refractivity contribution is 0.0955. The van der Waals surface area contributed by atoms with E-state index >= 15 is 0 Å². The number of hydrogen-bond donors (Lipinski definition) is 1. The highest BCUT2D eigenvalue weighted by atomic mass is 16.5. The molecule has 1 saturated carbocycles. The maximum atomic E-state index is 12.0. The maximum Gasteiger partial charge on any atom is 0.271 e. The highest BCUT2D eigenvalue weighted by molar-refractivity contribution is 5.95. The minimum Gasteiger partial charge on any atom is -0.497 e. The number of aromatic nitrogens is 1. The van der Waals surface area contributed by atoms with Gasteiger partial charge in [-0.25, -0.2) is 5.43 Å². The first kappa shape index (κ1) is 15.3. The van der Waals surface area contributed by atoms with Gasteiger partial charge in [0.2, 0.25) is 0 Å². The van der Waals surface area contributed by atoms with E-state index in [1.165, 1.54) is 25.7 Å².